The van der Waals surface area contributed by atoms with Crippen LogP contribution in [0.4, 0.5) is 4.39 Å². The van der Waals surface area contributed by atoms with Crippen LogP contribution >= 0.6 is 11.6 Å². The van der Waals surface area contributed by atoms with E-state index in [1.165, 1.54) is 12.1 Å². The zero-order valence-corrected chi connectivity index (χ0v) is 15.5. The van der Waals surface area contributed by atoms with E-state index in [0.717, 1.165) is 37.7 Å². The lowest BCUT2D eigenvalue weighted by Crippen LogP contribution is -2.53. The molecule has 1 saturated heterocycles. The normalized spacial score (nSPS) is 28.5. The molecule has 2 aliphatic rings. The third-order valence-corrected chi connectivity index (χ3v) is 6.66. The molecule has 1 aliphatic carbocycles. The first-order valence-corrected chi connectivity index (χ1v) is 9.77. The molecule has 1 aliphatic heterocycles. The van der Waals surface area contributed by atoms with Gasteiger partial charge in [-0.25, -0.2) is 4.39 Å². The minimum Gasteiger partial charge on any atom is -0.331 e. The molecule has 136 valence electrons. The van der Waals surface area contributed by atoms with E-state index >= 15 is 0 Å². The van der Waals surface area contributed by atoms with Gasteiger partial charge in [0.15, 0.2) is 0 Å². The predicted molar refractivity (Wildman–Crippen MR) is 102 cm³/mol. The number of piperidine rings is 1. The number of carbonyl (C=O) groups is 1. The van der Waals surface area contributed by atoms with Crippen LogP contribution in [0, 0.1) is 11.7 Å². The molecule has 0 radical (unpaired) electrons. The Morgan fingerprint density at radius 2 is 1.77 bits per heavy atom. The van der Waals surface area contributed by atoms with E-state index in [0.29, 0.717) is 12.1 Å². The van der Waals surface area contributed by atoms with E-state index < -0.39 is 0 Å². The number of benzene rings is 2. The molecule has 4 heteroatoms. The van der Waals surface area contributed by atoms with Gasteiger partial charge in [-0.15, -0.1) is 11.6 Å². The molecule has 2 nitrogen and oxygen atoms in total. The molecule has 1 amide bonds. The fourth-order valence-corrected chi connectivity index (χ4v) is 5.14. The number of alkyl halides is 1. The number of amides is 1. The number of halogens is 2. The van der Waals surface area contributed by atoms with Gasteiger partial charge in [-0.1, -0.05) is 43.2 Å². The number of hydrogen-bond donors (Lipinski definition) is 0. The molecular formula is C22H23ClFNO. The van der Waals surface area contributed by atoms with Gasteiger partial charge in [-0.3, -0.25) is 4.79 Å². The first-order valence-electron chi connectivity index (χ1n) is 9.39. The smallest absolute Gasteiger partial charge is 0.254 e. The van der Waals surface area contributed by atoms with Crippen molar-refractivity contribution < 1.29 is 9.18 Å². The third-order valence-electron chi connectivity index (χ3n) is 6.00. The molecule has 2 aromatic carbocycles. The molecule has 1 saturated carbocycles. The predicted octanol–water partition coefficient (Wildman–Crippen LogP) is 5.58. The summed E-state index contributed by atoms with van der Waals surface area (Å²) in [6, 6.07) is 16.0. The van der Waals surface area contributed by atoms with Gasteiger partial charge in [0.05, 0.1) is 10.9 Å². The number of carbonyl (C=O) groups excluding carboxylic acids is 1. The summed E-state index contributed by atoms with van der Waals surface area (Å²) in [5.74, 6) is -0.117. The summed E-state index contributed by atoms with van der Waals surface area (Å²) in [5.41, 5.74) is 1.67. The Kier molecular flexibility index (Phi) is 4.74. The Labute approximate surface area is 159 Å². The fraction of sp³-hybridized carbons (Fsp3) is 0.409. The van der Waals surface area contributed by atoms with Crippen LogP contribution in [-0.4, -0.2) is 22.2 Å². The molecule has 1 heterocycles. The first kappa shape index (κ1) is 17.5. The largest absolute Gasteiger partial charge is 0.331 e. The average Bonchev–Trinajstić information content (AvgIpc) is 2.67. The molecule has 4 rings (SSSR count). The van der Waals surface area contributed by atoms with E-state index in [-0.39, 0.29) is 28.6 Å². The lowest BCUT2D eigenvalue weighted by Gasteiger charge is -2.52. The maximum atomic E-state index is 13.3. The molecule has 0 spiro atoms. The second-order valence-electron chi connectivity index (χ2n) is 7.50. The molecule has 2 fully saturated rings. The second kappa shape index (κ2) is 7.03. The van der Waals surface area contributed by atoms with Crippen molar-refractivity contribution in [3.8, 4) is 0 Å². The van der Waals surface area contributed by atoms with Crippen LogP contribution in [0.25, 0.3) is 0 Å². The standard InChI is InChI=1S/C22H23ClFNO/c23-22-13-5-4-8-19(22)20(16-6-2-1-3-7-16)25(15-14-22)21(26)17-9-11-18(24)12-10-17/h1-3,6-7,9-12,19-20H,4-5,8,13-15H2/t19-,20-,22+/m1/s1. The van der Waals surface area contributed by atoms with Gasteiger partial charge in [0.25, 0.3) is 5.91 Å². The summed E-state index contributed by atoms with van der Waals surface area (Å²) in [6.45, 7) is 0.635. The molecule has 0 N–H and O–H groups in total. The summed E-state index contributed by atoms with van der Waals surface area (Å²) in [5, 5.41) is 0. The van der Waals surface area contributed by atoms with Crippen LogP contribution in [0.2, 0.25) is 0 Å². The van der Waals surface area contributed by atoms with Crippen molar-refractivity contribution in [1.29, 1.82) is 0 Å². The maximum absolute atomic E-state index is 13.3. The maximum Gasteiger partial charge on any atom is 0.254 e. The summed E-state index contributed by atoms with van der Waals surface area (Å²) in [7, 11) is 0. The first-order chi connectivity index (χ1) is 12.6. The number of hydrogen-bond acceptors (Lipinski definition) is 1. The van der Waals surface area contributed by atoms with Gasteiger partial charge in [-0.2, -0.15) is 0 Å². The highest BCUT2D eigenvalue weighted by molar-refractivity contribution is 6.24. The van der Waals surface area contributed by atoms with Crippen LogP contribution in [0.1, 0.15) is 54.1 Å². The van der Waals surface area contributed by atoms with Gasteiger partial charge in [0.1, 0.15) is 5.82 Å². The van der Waals surface area contributed by atoms with Crippen molar-refractivity contribution in [2.45, 2.75) is 43.0 Å². The number of nitrogens with zero attached hydrogens (tertiary/aromatic N) is 1. The van der Waals surface area contributed by atoms with Crippen LogP contribution in [0.15, 0.2) is 54.6 Å². The van der Waals surface area contributed by atoms with Gasteiger partial charge >= 0.3 is 0 Å². The van der Waals surface area contributed by atoms with Crippen LogP contribution in [0.5, 0.6) is 0 Å². The number of fused-ring (bicyclic) bond motifs is 1. The van der Waals surface area contributed by atoms with Crippen LogP contribution in [-0.2, 0) is 0 Å². The molecular weight excluding hydrogens is 349 g/mol. The molecule has 0 unspecified atom stereocenters. The highest BCUT2D eigenvalue weighted by Gasteiger charge is 2.50. The minimum absolute atomic E-state index is 0.0275. The summed E-state index contributed by atoms with van der Waals surface area (Å²) >= 11 is 7.07. The van der Waals surface area contributed by atoms with E-state index in [1.807, 2.05) is 23.1 Å². The van der Waals surface area contributed by atoms with Crippen molar-refractivity contribution in [3.63, 3.8) is 0 Å². The molecule has 0 bridgehead atoms. The Bertz CT molecular complexity index is 778. The van der Waals surface area contributed by atoms with Gasteiger partial charge in [0, 0.05) is 18.0 Å². The lowest BCUT2D eigenvalue weighted by molar-refractivity contribution is 0.0279. The van der Waals surface area contributed by atoms with E-state index in [9.17, 15) is 9.18 Å². The SMILES string of the molecule is O=C(c1ccc(F)cc1)N1CC[C@@]2(Cl)CCCC[C@@H]2[C@H]1c1ccccc1. The van der Waals surface area contributed by atoms with Crippen LogP contribution < -0.4 is 0 Å². The topological polar surface area (TPSA) is 20.3 Å². The van der Waals surface area contributed by atoms with Gasteiger partial charge in [-0.05, 0) is 49.1 Å². The molecule has 3 atom stereocenters. The highest BCUT2D eigenvalue weighted by atomic mass is 35.5. The van der Waals surface area contributed by atoms with Crippen LogP contribution in [0.3, 0.4) is 0 Å². The quantitative estimate of drug-likeness (QED) is 0.631. The van der Waals surface area contributed by atoms with E-state index in [1.54, 1.807) is 12.1 Å². The number of rotatable bonds is 2. The van der Waals surface area contributed by atoms with Gasteiger partial charge < -0.3 is 4.90 Å². The molecule has 2 aromatic rings. The zero-order valence-electron chi connectivity index (χ0n) is 14.7. The van der Waals surface area contributed by atoms with Crippen molar-refractivity contribution in [1.82, 2.24) is 4.90 Å². The summed E-state index contributed by atoms with van der Waals surface area (Å²) in [6.07, 6.45) is 5.18. The van der Waals surface area contributed by atoms with E-state index in [2.05, 4.69) is 12.1 Å². The fourth-order valence-electron chi connectivity index (χ4n) is 4.69. The average molecular weight is 372 g/mol. The Balaban J connectivity index is 1.72. The highest BCUT2D eigenvalue weighted by Crippen LogP contribution is 2.52. The summed E-state index contributed by atoms with van der Waals surface area (Å²) < 4.78 is 13.3. The second-order valence-corrected chi connectivity index (χ2v) is 8.25. The van der Waals surface area contributed by atoms with Crippen molar-refractivity contribution >= 4 is 17.5 Å². The van der Waals surface area contributed by atoms with Crippen molar-refractivity contribution in [2.24, 2.45) is 5.92 Å². The Morgan fingerprint density at radius 3 is 2.50 bits per heavy atom. The van der Waals surface area contributed by atoms with Crippen molar-refractivity contribution in [3.05, 3.63) is 71.5 Å². The number of likely N-dealkylation sites (tertiary alicyclic amines) is 1. The van der Waals surface area contributed by atoms with E-state index in [4.69, 9.17) is 11.6 Å². The monoisotopic (exact) mass is 371 g/mol. The van der Waals surface area contributed by atoms with Crippen molar-refractivity contribution in [2.75, 3.05) is 6.54 Å². The molecule has 0 aromatic heterocycles. The Hall–Kier alpha value is -1.87. The Morgan fingerprint density at radius 1 is 1.04 bits per heavy atom. The molecule has 26 heavy (non-hydrogen) atoms. The third kappa shape index (κ3) is 3.14. The zero-order chi connectivity index (χ0) is 18.1. The van der Waals surface area contributed by atoms with Gasteiger partial charge in [0.2, 0.25) is 0 Å². The lowest BCUT2D eigenvalue weighted by atomic mass is 9.68. The minimum atomic E-state index is -0.327. The summed E-state index contributed by atoms with van der Waals surface area (Å²) in [4.78, 5) is 15.0.